The Morgan fingerprint density at radius 2 is 1.52 bits per heavy atom. The summed E-state index contributed by atoms with van der Waals surface area (Å²) in [5.41, 5.74) is 7.12. The predicted octanol–water partition coefficient (Wildman–Crippen LogP) is 10.8. The van der Waals surface area contributed by atoms with Crippen LogP contribution >= 0.6 is 0 Å². The van der Waals surface area contributed by atoms with E-state index in [1.54, 1.807) is 6.07 Å². The van der Waals surface area contributed by atoms with Gasteiger partial charge in [0, 0.05) is 23.6 Å². The molecule has 1 heterocycles. The highest BCUT2D eigenvalue weighted by Crippen LogP contribution is 2.41. The topological polar surface area (TPSA) is 122 Å². The van der Waals surface area contributed by atoms with Crippen LogP contribution in [-0.4, -0.2) is 44.2 Å². The van der Waals surface area contributed by atoms with Crippen molar-refractivity contribution in [3.63, 3.8) is 0 Å². The zero-order chi connectivity index (χ0) is 41.1. The molecular weight excluding hydrogens is 743 g/mol. The van der Waals surface area contributed by atoms with Crippen molar-refractivity contribution in [2.45, 2.75) is 70.9 Å². The van der Waals surface area contributed by atoms with E-state index in [-0.39, 0.29) is 16.7 Å². The minimum atomic E-state index is -2.20. The van der Waals surface area contributed by atoms with Crippen LogP contribution in [0.15, 0.2) is 132 Å². The van der Waals surface area contributed by atoms with E-state index in [2.05, 4.69) is 67.7 Å². The molecule has 302 valence electrons. The van der Waals surface area contributed by atoms with E-state index in [0.29, 0.717) is 36.7 Å². The molecule has 4 N–H and O–H groups in total. The van der Waals surface area contributed by atoms with Gasteiger partial charge in [-0.3, -0.25) is 10.1 Å². The highest BCUT2D eigenvalue weighted by atomic mass is 28.4. The SMILES string of the molecule is CC(C)(C)[Si](C)(C)O[C@H](CNCCc1cccc(OCCCc2ccc(-c3ccccc3)c(NC(=O)O)c2)c1)c1ccc(OCc2ccccc2)c2[nH]c(=O)ccc12. The number of fused-ring (bicyclic) bond motifs is 1. The molecule has 0 aliphatic heterocycles. The molecule has 1 amide bonds. The minimum absolute atomic E-state index is 0.00202. The van der Waals surface area contributed by atoms with Crippen LogP contribution in [0.2, 0.25) is 18.1 Å². The Morgan fingerprint density at radius 1 is 0.793 bits per heavy atom. The van der Waals surface area contributed by atoms with Gasteiger partial charge in [-0.15, -0.1) is 0 Å². The summed E-state index contributed by atoms with van der Waals surface area (Å²) in [4.78, 5) is 27.1. The predicted molar refractivity (Wildman–Crippen MR) is 237 cm³/mol. The normalized spacial score (nSPS) is 12.3. The van der Waals surface area contributed by atoms with Gasteiger partial charge in [-0.2, -0.15) is 0 Å². The molecule has 6 rings (SSSR count). The summed E-state index contributed by atoms with van der Waals surface area (Å²) in [6.45, 7) is 13.5. The summed E-state index contributed by atoms with van der Waals surface area (Å²) < 4.78 is 19.5. The van der Waals surface area contributed by atoms with E-state index in [1.165, 1.54) is 0 Å². The van der Waals surface area contributed by atoms with Gasteiger partial charge < -0.3 is 29.3 Å². The third-order valence-corrected chi connectivity index (χ3v) is 15.3. The first-order valence-corrected chi connectivity index (χ1v) is 22.9. The average Bonchev–Trinajstić information content (AvgIpc) is 3.20. The maximum Gasteiger partial charge on any atom is 0.409 e. The second kappa shape index (κ2) is 19.2. The van der Waals surface area contributed by atoms with Gasteiger partial charge in [0.05, 0.1) is 23.9 Å². The van der Waals surface area contributed by atoms with E-state index >= 15 is 0 Å². The van der Waals surface area contributed by atoms with Gasteiger partial charge >= 0.3 is 6.09 Å². The highest BCUT2D eigenvalue weighted by Gasteiger charge is 2.39. The number of rotatable bonds is 18. The lowest BCUT2D eigenvalue weighted by molar-refractivity contribution is 0.182. The number of hydrogen-bond donors (Lipinski definition) is 4. The number of benzene rings is 5. The van der Waals surface area contributed by atoms with Crippen molar-refractivity contribution in [2.24, 2.45) is 0 Å². The molecule has 0 bridgehead atoms. The van der Waals surface area contributed by atoms with E-state index in [0.717, 1.165) is 70.3 Å². The van der Waals surface area contributed by atoms with Crippen LogP contribution in [-0.2, 0) is 23.9 Å². The Kier molecular flexibility index (Phi) is 13.9. The fraction of sp³-hybridized carbons (Fsp3) is 0.292. The van der Waals surface area contributed by atoms with Gasteiger partial charge in [0.25, 0.3) is 0 Å². The number of hydrogen-bond acceptors (Lipinski definition) is 6. The molecule has 0 unspecified atom stereocenters. The van der Waals surface area contributed by atoms with Crippen LogP contribution in [0, 0.1) is 0 Å². The fourth-order valence-electron chi connectivity index (χ4n) is 6.69. The van der Waals surface area contributed by atoms with Gasteiger partial charge in [-0.05, 0) is 102 Å². The summed E-state index contributed by atoms with van der Waals surface area (Å²) >= 11 is 0. The molecule has 1 aromatic heterocycles. The maximum atomic E-state index is 12.6. The molecule has 0 saturated heterocycles. The molecule has 58 heavy (non-hydrogen) atoms. The van der Waals surface area contributed by atoms with Gasteiger partial charge in [0.2, 0.25) is 5.56 Å². The zero-order valence-electron chi connectivity index (χ0n) is 34.1. The summed E-state index contributed by atoms with van der Waals surface area (Å²) in [5.74, 6) is 1.44. The number of pyridine rings is 1. The number of aryl methyl sites for hydroxylation is 1. The molecule has 0 spiro atoms. The summed E-state index contributed by atoms with van der Waals surface area (Å²) in [6.07, 6.45) is 0.992. The fourth-order valence-corrected chi connectivity index (χ4v) is 7.97. The van der Waals surface area contributed by atoms with Crippen molar-refractivity contribution in [3.8, 4) is 22.6 Å². The number of aromatic amines is 1. The Morgan fingerprint density at radius 3 is 2.26 bits per heavy atom. The smallest absolute Gasteiger partial charge is 0.409 e. The van der Waals surface area contributed by atoms with Crippen molar-refractivity contribution >= 4 is 31.0 Å². The lowest BCUT2D eigenvalue weighted by atomic mass is 10.00. The number of anilines is 1. The van der Waals surface area contributed by atoms with E-state index in [1.807, 2.05) is 103 Å². The second-order valence-corrected chi connectivity index (χ2v) is 20.9. The summed E-state index contributed by atoms with van der Waals surface area (Å²) in [6, 6.07) is 41.3. The number of ether oxygens (including phenoxy) is 2. The van der Waals surface area contributed by atoms with Crippen LogP contribution in [0.4, 0.5) is 10.5 Å². The first-order valence-electron chi connectivity index (χ1n) is 20.0. The van der Waals surface area contributed by atoms with Crippen molar-refractivity contribution in [1.82, 2.24) is 10.3 Å². The van der Waals surface area contributed by atoms with Gasteiger partial charge in [-0.1, -0.05) is 112 Å². The van der Waals surface area contributed by atoms with E-state index in [9.17, 15) is 14.7 Å². The first kappa shape index (κ1) is 41.9. The van der Waals surface area contributed by atoms with E-state index in [4.69, 9.17) is 13.9 Å². The number of H-pyrrole nitrogens is 1. The summed E-state index contributed by atoms with van der Waals surface area (Å²) in [5, 5.41) is 16.6. The number of nitrogens with one attached hydrogen (secondary N) is 3. The largest absolute Gasteiger partial charge is 0.494 e. The van der Waals surface area contributed by atoms with Gasteiger partial charge in [0.15, 0.2) is 8.32 Å². The van der Waals surface area contributed by atoms with Crippen LogP contribution in [0.5, 0.6) is 11.5 Å². The number of carboxylic acid groups (broad SMARTS) is 1. The monoisotopic (exact) mass is 797 g/mol. The van der Waals surface area contributed by atoms with Crippen molar-refractivity contribution in [3.05, 3.63) is 160 Å². The highest BCUT2D eigenvalue weighted by molar-refractivity contribution is 6.74. The van der Waals surface area contributed by atoms with Gasteiger partial charge in [-0.25, -0.2) is 4.79 Å². The maximum absolute atomic E-state index is 12.6. The summed E-state index contributed by atoms with van der Waals surface area (Å²) in [7, 11) is -2.20. The third kappa shape index (κ3) is 11.2. The molecule has 0 aliphatic rings. The van der Waals surface area contributed by atoms with Crippen LogP contribution in [0.1, 0.15) is 55.5 Å². The third-order valence-electron chi connectivity index (χ3n) is 10.8. The minimum Gasteiger partial charge on any atom is -0.494 e. The van der Waals surface area contributed by atoms with Crippen LogP contribution in [0.25, 0.3) is 22.0 Å². The quantitative estimate of drug-likeness (QED) is 0.0504. The number of aromatic nitrogens is 1. The molecule has 0 saturated carbocycles. The van der Waals surface area contributed by atoms with Crippen LogP contribution < -0.4 is 25.7 Å². The van der Waals surface area contributed by atoms with Crippen molar-refractivity contribution in [1.29, 1.82) is 0 Å². The van der Waals surface area contributed by atoms with Gasteiger partial charge in [0.1, 0.15) is 18.1 Å². The standard InChI is InChI=1S/C48H55N3O6Si/c1-48(2,3)58(4,5)57-44(40-23-25-43(46-41(40)24-26-45(52)51-46)56-33-36-14-8-6-9-15-36)32-49-28-27-35-16-12-20-38(30-35)55-29-13-17-34-21-22-39(37-18-10-7-11-19-37)42(31-34)50-47(53)54/h6-12,14-16,18-26,30-31,44,49-50H,13,17,27-29,32-33H2,1-5H3,(H,51,52)(H,53,54)/t44-/m1/s1. The second-order valence-electron chi connectivity index (χ2n) is 16.1. The number of amides is 1. The lowest BCUT2D eigenvalue weighted by Gasteiger charge is -2.39. The molecule has 6 aromatic rings. The number of carbonyl (C=O) groups is 1. The molecule has 0 fully saturated rings. The van der Waals surface area contributed by atoms with E-state index < -0.39 is 14.4 Å². The molecule has 5 aromatic carbocycles. The Bertz CT molecular complexity index is 2340. The molecule has 9 nitrogen and oxygen atoms in total. The lowest BCUT2D eigenvalue weighted by Crippen LogP contribution is -2.43. The molecule has 1 atom stereocenters. The first-order chi connectivity index (χ1) is 27.9. The molecule has 0 aliphatic carbocycles. The Hall–Kier alpha value is -5.68. The van der Waals surface area contributed by atoms with Crippen molar-refractivity contribution in [2.75, 3.05) is 25.0 Å². The molecule has 0 radical (unpaired) electrons. The Labute approximate surface area is 342 Å². The van der Waals surface area contributed by atoms with Crippen LogP contribution in [0.3, 0.4) is 0 Å². The Balaban J connectivity index is 1.07. The van der Waals surface area contributed by atoms with Crippen molar-refractivity contribution < 1.29 is 23.8 Å². The molecule has 10 heteroatoms. The average molecular weight is 798 g/mol. The zero-order valence-corrected chi connectivity index (χ0v) is 35.1. The molecular formula is C48H55N3O6Si.